The van der Waals surface area contributed by atoms with E-state index in [2.05, 4.69) is 57.7 Å². The molecule has 0 saturated carbocycles. The summed E-state index contributed by atoms with van der Waals surface area (Å²) in [4.78, 5) is 4.91. The molecule has 2 heterocycles. The number of halogens is 1. The fourth-order valence-corrected chi connectivity index (χ4v) is 4.17. The van der Waals surface area contributed by atoms with E-state index in [9.17, 15) is 0 Å². The van der Waals surface area contributed by atoms with E-state index in [0.29, 0.717) is 6.54 Å². The van der Waals surface area contributed by atoms with Gasteiger partial charge in [0.05, 0.1) is 11.4 Å². The van der Waals surface area contributed by atoms with Crippen molar-refractivity contribution in [3.05, 3.63) is 57.3 Å². The van der Waals surface area contributed by atoms with E-state index in [1.54, 1.807) is 0 Å². The van der Waals surface area contributed by atoms with Gasteiger partial charge in [-0.15, -0.1) is 0 Å². The van der Waals surface area contributed by atoms with Crippen LogP contribution in [-0.4, -0.2) is 9.38 Å². The fourth-order valence-electron chi connectivity index (χ4n) is 3.62. The topological polar surface area (TPSA) is 43.3 Å². The highest BCUT2D eigenvalue weighted by Crippen LogP contribution is 2.31. The number of rotatable bonds is 2. The first-order valence-corrected chi connectivity index (χ1v) is 8.96. The molecule has 3 nitrogen and oxygen atoms in total. The highest BCUT2D eigenvalue weighted by Gasteiger charge is 2.17. The van der Waals surface area contributed by atoms with Crippen LogP contribution in [0.5, 0.6) is 0 Å². The Labute approximate surface area is 144 Å². The molecular formula is C19H20BrN3. The van der Waals surface area contributed by atoms with Crippen molar-refractivity contribution in [2.75, 3.05) is 0 Å². The Morgan fingerprint density at radius 3 is 2.74 bits per heavy atom. The maximum absolute atomic E-state index is 6.06. The number of aryl methyl sites for hydroxylation is 3. The minimum Gasteiger partial charge on any atom is -0.325 e. The fraction of sp³-hybridized carbons (Fsp3) is 0.316. The van der Waals surface area contributed by atoms with Crippen molar-refractivity contribution in [2.24, 2.45) is 5.73 Å². The van der Waals surface area contributed by atoms with Crippen LogP contribution in [0.1, 0.15) is 35.2 Å². The largest absolute Gasteiger partial charge is 0.325 e. The summed E-state index contributed by atoms with van der Waals surface area (Å²) in [6, 6.07) is 8.89. The Hall–Kier alpha value is -1.65. The zero-order chi connectivity index (χ0) is 16.0. The number of nitrogens with zero attached hydrogens (tertiary/aromatic N) is 2. The Bertz CT molecular complexity index is 895. The van der Waals surface area contributed by atoms with Crippen molar-refractivity contribution in [2.45, 2.75) is 39.2 Å². The molecule has 0 saturated heterocycles. The van der Waals surface area contributed by atoms with Crippen LogP contribution < -0.4 is 5.73 Å². The van der Waals surface area contributed by atoms with Crippen molar-refractivity contribution in [3.8, 4) is 11.3 Å². The molecule has 0 amide bonds. The minimum atomic E-state index is 0.476. The van der Waals surface area contributed by atoms with Gasteiger partial charge in [0.2, 0.25) is 0 Å². The molecule has 0 fully saturated rings. The zero-order valence-corrected chi connectivity index (χ0v) is 14.9. The van der Waals surface area contributed by atoms with Gasteiger partial charge in [-0.2, -0.15) is 0 Å². The summed E-state index contributed by atoms with van der Waals surface area (Å²) in [5.74, 6) is 0. The summed E-state index contributed by atoms with van der Waals surface area (Å²) in [6.45, 7) is 2.56. The van der Waals surface area contributed by atoms with E-state index < -0.39 is 0 Å². The van der Waals surface area contributed by atoms with Crippen LogP contribution in [0, 0.1) is 6.92 Å². The van der Waals surface area contributed by atoms with Gasteiger partial charge < -0.3 is 10.1 Å². The number of benzene rings is 1. The van der Waals surface area contributed by atoms with Crippen LogP contribution >= 0.6 is 15.9 Å². The highest BCUT2D eigenvalue weighted by molar-refractivity contribution is 9.10. The monoisotopic (exact) mass is 369 g/mol. The zero-order valence-electron chi connectivity index (χ0n) is 13.3. The lowest BCUT2D eigenvalue weighted by Crippen LogP contribution is -2.04. The second kappa shape index (κ2) is 5.77. The van der Waals surface area contributed by atoms with Crippen molar-refractivity contribution in [1.82, 2.24) is 9.38 Å². The van der Waals surface area contributed by atoms with Crippen LogP contribution in [0.25, 0.3) is 16.9 Å². The van der Waals surface area contributed by atoms with Gasteiger partial charge in [0.15, 0.2) is 0 Å². The summed E-state index contributed by atoms with van der Waals surface area (Å²) < 4.78 is 3.17. The van der Waals surface area contributed by atoms with Gasteiger partial charge in [-0.1, -0.05) is 12.1 Å². The van der Waals surface area contributed by atoms with Crippen molar-refractivity contribution in [1.29, 1.82) is 0 Å². The first-order valence-electron chi connectivity index (χ1n) is 8.16. The lowest BCUT2D eigenvalue weighted by Gasteiger charge is -2.16. The first kappa shape index (κ1) is 14.9. The quantitative estimate of drug-likeness (QED) is 0.726. The van der Waals surface area contributed by atoms with Crippen LogP contribution in [0.2, 0.25) is 0 Å². The van der Waals surface area contributed by atoms with Crippen molar-refractivity contribution >= 4 is 21.6 Å². The molecule has 118 valence electrons. The normalized spacial score (nSPS) is 14.2. The molecule has 1 aliphatic rings. The molecule has 4 heteroatoms. The lowest BCUT2D eigenvalue weighted by molar-refractivity contribution is 0.686. The van der Waals surface area contributed by atoms with Crippen LogP contribution in [0.3, 0.4) is 0 Å². The SMILES string of the molecule is Cc1cc(Br)cn2c(CN)c(-c3ccc4c(c3)CCCC4)nc12. The molecule has 0 aliphatic heterocycles. The molecule has 3 aromatic rings. The molecule has 0 bridgehead atoms. The predicted molar refractivity (Wildman–Crippen MR) is 97.6 cm³/mol. The second-order valence-electron chi connectivity index (χ2n) is 6.34. The van der Waals surface area contributed by atoms with Gasteiger partial charge in [-0.05, 0) is 77.4 Å². The average Bonchev–Trinajstić information content (AvgIpc) is 2.93. The van der Waals surface area contributed by atoms with Crippen molar-refractivity contribution < 1.29 is 0 Å². The third kappa shape index (κ3) is 2.50. The van der Waals surface area contributed by atoms with Gasteiger partial charge in [-0.25, -0.2) is 4.98 Å². The summed E-state index contributed by atoms with van der Waals surface area (Å²) in [5.41, 5.74) is 14.4. The molecule has 4 rings (SSSR count). The van der Waals surface area contributed by atoms with E-state index in [4.69, 9.17) is 10.7 Å². The van der Waals surface area contributed by atoms with E-state index in [1.165, 1.54) is 42.4 Å². The number of imidazole rings is 1. The molecule has 0 atom stereocenters. The summed E-state index contributed by atoms with van der Waals surface area (Å²) >= 11 is 3.57. The maximum atomic E-state index is 6.06. The van der Waals surface area contributed by atoms with Gasteiger partial charge >= 0.3 is 0 Å². The third-order valence-corrected chi connectivity index (χ3v) is 5.22. The Balaban J connectivity index is 1.93. The summed E-state index contributed by atoms with van der Waals surface area (Å²) in [6.07, 6.45) is 7.04. The third-order valence-electron chi connectivity index (χ3n) is 4.78. The summed E-state index contributed by atoms with van der Waals surface area (Å²) in [7, 11) is 0. The number of hydrogen-bond acceptors (Lipinski definition) is 2. The van der Waals surface area contributed by atoms with Gasteiger partial charge in [-0.3, -0.25) is 0 Å². The Morgan fingerprint density at radius 1 is 1.17 bits per heavy atom. The van der Waals surface area contributed by atoms with Gasteiger partial charge in [0, 0.05) is 22.8 Å². The molecule has 1 aliphatic carbocycles. The smallest absolute Gasteiger partial charge is 0.140 e. The average molecular weight is 370 g/mol. The summed E-state index contributed by atoms with van der Waals surface area (Å²) in [5, 5.41) is 0. The standard InChI is InChI=1S/C19H20BrN3/c1-12-8-16(20)11-23-17(10-21)18(22-19(12)23)15-7-6-13-4-2-3-5-14(13)9-15/h6-9,11H,2-5,10,21H2,1H3. The van der Waals surface area contributed by atoms with E-state index in [0.717, 1.165) is 27.1 Å². The molecule has 2 aromatic heterocycles. The number of fused-ring (bicyclic) bond motifs is 2. The predicted octanol–water partition coefficient (Wildman–Crippen LogP) is 4.41. The Kier molecular flexibility index (Phi) is 3.74. The van der Waals surface area contributed by atoms with Gasteiger partial charge in [0.1, 0.15) is 5.65 Å². The van der Waals surface area contributed by atoms with Crippen LogP contribution in [-0.2, 0) is 19.4 Å². The Morgan fingerprint density at radius 2 is 1.96 bits per heavy atom. The molecule has 23 heavy (non-hydrogen) atoms. The molecule has 0 unspecified atom stereocenters. The molecule has 1 aromatic carbocycles. The lowest BCUT2D eigenvalue weighted by atomic mass is 9.90. The molecule has 2 N–H and O–H groups in total. The maximum Gasteiger partial charge on any atom is 0.140 e. The molecule has 0 radical (unpaired) electrons. The number of hydrogen-bond donors (Lipinski definition) is 1. The molecule has 0 spiro atoms. The van der Waals surface area contributed by atoms with Crippen LogP contribution in [0.4, 0.5) is 0 Å². The highest BCUT2D eigenvalue weighted by atomic mass is 79.9. The van der Waals surface area contributed by atoms with E-state index >= 15 is 0 Å². The number of aromatic nitrogens is 2. The number of nitrogens with two attached hydrogens (primary N) is 1. The number of pyridine rings is 1. The van der Waals surface area contributed by atoms with E-state index in [1.807, 2.05) is 0 Å². The van der Waals surface area contributed by atoms with Gasteiger partial charge in [0.25, 0.3) is 0 Å². The first-order chi connectivity index (χ1) is 11.2. The molecular weight excluding hydrogens is 350 g/mol. The minimum absolute atomic E-state index is 0.476. The second-order valence-corrected chi connectivity index (χ2v) is 7.25. The van der Waals surface area contributed by atoms with Crippen molar-refractivity contribution in [3.63, 3.8) is 0 Å². The van der Waals surface area contributed by atoms with E-state index in [-0.39, 0.29) is 0 Å². The van der Waals surface area contributed by atoms with Crippen LogP contribution in [0.15, 0.2) is 34.9 Å².